The van der Waals surface area contributed by atoms with Gasteiger partial charge in [0.05, 0.1) is 0 Å². The molecule has 0 heterocycles. The van der Waals surface area contributed by atoms with E-state index in [1.807, 2.05) is 31.2 Å². The second-order valence-corrected chi connectivity index (χ2v) is 4.12. The molecule has 96 valence electrons. The average Bonchev–Trinajstić information content (AvgIpc) is 2.35. The third kappa shape index (κ3) is 3.73. The second kappa shape index (κ2) is 6.00. The van der Waals surface area contributed by atoms with Crippen molar-refractivity contribution in [1.82, 2.24) is 0 Å². The van der Waals surface area contributed by atoms with Crippen LogP contribution in [0.2, 0.25) is 0 Å². The largest absolute Gasteiger partial charge is 0.478 e. The van der Waals surface area contributed by atoms with Gasteiger partial charge < -0.3 is 9.84 Å². The van der Waals surface area contributed by atoms with Gasteiger partial charge in [0.25, 0.3) is 0 Å². The van der Waals surface area contributed by atoms with Crippen LogP contribution in [0.5, 0.6) is 0 Å². The van der Waals surface area contributed by atoms with Crippen molar-refractivity contribution in [3.8, 4) is 0 Å². The first kappa shape index (κ1) is 14.0. The summed E-state index contributed by atoms with van der Waals surface area (Å²) in [5.41, 5.74) is 2.12. The molecule has 1 rings (SSSR count). The van der Waals surface area contributed by atoms with Gasteiger partial charge in [0.1, 0.15) is 6.61 Å². The van der Waals surface area contributed by atoms with E-state index in [9.17, 15) is 9.59 Å². The summed E-state index contributed by atoms with van der Waals surface area (Å²) in [6.07, 6.45) is 0. The Hall–Kier alpha value is -2.10. The Morgan fingerprint density at radius 1 is 1.11 bits per heavy atom. The fourth-order valence-corrected chi connectivity index (χ4v) is 1.25. The number of carboxylic acids is 1. The van der Waals surface area contributed by atoms with Crippen LogP contribution in [0.15, 0.2) is 35.4 Å². The van der Waals surface area contributed by atoms with Crippen LogP contribution in [0, 0.1) is 6.92 Å². The zero-order chi connectivity index (χ0) is 13.7. The molecule has 0 atom stereocenters. The summed E-state index contributed by atoms with van der Waals surface area (Å²) in [5, 5.41) is 8.75. The smallest absolute Gasteiger partial charge is 0.334 e. The van der Waals surface area contributed by atoms with Crippen LogP contribution in [0.1, 0.15) is 25.0 Å². The minimum absolute atomic E-state index is 0.00362. The number of aryl methyl sites for hydroxylation is 1. The fraction of sp³-hybridized carbons (Fsp3) is 0.286. The Balaban J connectivity index is 2.64. The highest BCUT2D eigenvalue weighted by molar-refractivity contribution is 5.98. The molecule has 0 fully saturated rings. The van der Waals surface area contributed by atoms with E-state index in [1.54, 1.807) is 0 Å². The summed E-state index contributed by atoms with van der Waals surface area (Å²) < 4.78 is 5.04. The normalized spacial score (nSPS) is 11.7. The number of carboxylic acid groups (broad SMARTS) is 1. The van der Waals surface area contributed by atoms with Crippen molar-refractivity contribution in [2.45, 2.75) is 27.4 Å². The van der Waals surface area contributed by atoms with Crippen molar-refractivity contribution >= 4 is 11.9 Å². The lowest BCUT2D eigenvalue weighted by Gasteiger charge is -2.06. The second-order valence-electron chi connectivity index (χ2n) is 4.12. The molecule has 0 aromatic heterocycles. The predicted octanol–water partition coefficient (Wildman–Crippen LogP) is 2.46. The fourth-order valence-electron chi connectivity index (χ4n) is 1.25. The van der Waals surface area contributed by atoms with Gasteiger partial charge in [-0.2, -0.15) is 0 Å². The number of ether oxygens (including phenoxy) is 1. The van der Waals surface area contributed by atoms with E-state index >= 15 is 0 Å². The van der Waals surface area contributed by atoms with E-state index in [2.05, 4.69) is 0 Å². The van der Waals surface area contributed by atoms with Crippen molar-refractivity contribution in [3.05, 3.63) is 46.5 Å². The SMILES string of the molecule is C/C(C(=O)O)=C(\C)C(=O)OCc1ccc(C)cc1. The number of carbonyl (C=O) groups is 2. The Kier molecular flexibility index (Phi) is 4.66. The maximum absolute atomic E-state index is 11.6. The molecule has 4 heteroatoms. The van der Waals surface area contributed by atoms with Gasteiger partial charge in [-0.3, -0.25) is 0 Å². The lowest BCUT2D eigenvalue weighted by molar-refractivity contribution is -0.141. The predicted molar refractivity (Wildman–Crippen MR) is 67.0 cm³/mol. The molecule has 1 aromatic rings. The zero-order valence-electron chi connectivity index (χ0n) is 10.7. The van der Waals surface area contributed by atoms with Crippen LogP contribution in [0.25, 0.3) is 0 Å². The van der Waals surface area contributed by atoms with Crippen LogP contribution in [0.4, 0.5) is 0 Å². The summed E-state index contributed by atoms with van der Waals surface area (Å²) in [6.45, 7) is 4.94. The number of esters is 1. The molecule has 0 unspecified atom stereocenters. The number of aliphatic carboxylic acids is 1. The van der Waals surface area contributed by atoms with E-state index in [-0.39, 0.29) is 17.8 Å². The highest BCUT2D eigenvalue weighted by Crippen LogP contribution is 2.09. The van der Waals surface area contributed by atoms with Gasteiger partial charge in [0.15, 0.2) is 0 Å². The molecule has 0 saturated heterocycles. The van der Waals surface area contributed by atoms with Gasteiger partial charge in [-0.05, 0) is 26.3 Å². The van der Waals surface area contributed by atoms with Crippen molar-refractivity contribution in [2.75, 3.05) is 0 Å². The quantitative estimate of drug-likeness (QED) is 0.656. The standard InChI is InChI=1S/C14H16O4/c1-9-4-6-12(7-5-9)8-18-14(17)11(3)10(2)13(15)16/h4-7H,8H2,1-3H3,(H,15,16)/b11-10-. The van der Waals surface area contributed by atoms with Gasteiger partial charge in [-0.25, -0.2) is 9.59 Å². The maximum Gasteiger partial charge on any atom is 0.334 e. The van der Waals surface area contributed by atoms with Gasteiger partial charge >= 0.3 is 11.9 Å². The summed E-state index contributed by atoms with van der Waals surface area (Å²) >= 11 is 0. The van der Waals surface area contributed by atoms with Crippen molar-refractivity contribution in [2.24, 2.45) is 0 Å². The first-order valence-electron chi connectivity index (χ1n) is 5.55. The Bertz CT molecular complexity index is 483. The van der Waals surface area contributed by atoms with Crippen LogP contribution >= 0.6 is 0 Å². The van der Waals surface area contributed by atoms with Crippen molar-refractivity contribution in [1.29, 1.82) is 0 Å². The van der Waals surface area contributed by atoms with E-state index in [0.717, 1.165) is 11.1 Å². The van der Waals surface area contributed by atoms with Crippen LogP contribution in [-0.4, -0.2) is 17.0 Å². The molecule has 0 radical (unpaired) electrons. The lowest BCUT2D eigenvalue weighted by Crippen LogP contribution is -2.11. The molecule has 0 aliphatic carbocycles. The molecule has 0 aliphatic heterocycles. The summed E-state index contributed by atoms with van der Waals surface area (Å²) in [6, 6.07) is 7.58. The number of hydrogen-bond acceptors (Lipinski definition) is 3. The highest BCUT2D eigenvalue weighted by Gasteiger charge is 2.13. The molecule has 1 N–H and O–H groups in total. The molecule has 0 amide bonds. The monoisotopic (exact) mass is 248 g/mol. The third-order valence-corrected chi connectivity index (χ3v) is 2.68. The van der Waals surface area contributed by atoms with Crippen molar-refractivity contribution in [3.63, 3.8) is 0 Å². The summed E-state index contributed by atoms with van der Waals surface area (Å²) in [4.78, 5) is 22.3. The van der Waals surface area contributed by atoms with Gasteiger partial charge in [-0.15, -0.1) is 0 Å². The molecule has 4 nitrogen and oxygen atoms in total. The van der Waals surface area contributed by atoms with E-state index < -0.39 is 11.9 Å². The minimum atomic E-state index is -1.11. The number of carbonyl (C=O) groups excluding carboxylic acids is 1. The first-order chi connectivity index (χ1) is 8.41. The maximum atomic E-state index is 11.6. The molecule has 0 saturated carbocycles. The van der Waals surface area contributed by atoms with Gasteiger partial charge in [0.2, 0.25) is 0 Å². The number of hydrogen-bond donors (Lipinski definition) is 1. The van der Waals surface area contributed by atoms with E-state index in [0.29, 0.717) is 0 Å². The summed E-state index contributed by atoms with van der Waals surface area (Å²) in [5.74, 6) is -1.71. The van der Waals surface area contributed by atoms with Crippen LogP contribution < -0.4 is 0 Å². The average molecular weight is 248 g/mol. The van der Waals surface area contributed by atoms with E-state index in [1.165, 1.54) is 13.8 Å². The summed E-state index contributed by atoms with van der Waals surface area (Å²) in [7, 11) is 0. The molecule has 0 spiro atoms. The topological polar surface area (TPSA) is 63.6 Å². The molecule has 18 heavy (non-hydrogen) atoms. The number of benzene rings is 1. The molecule has 0 bridgehead atoms. The zero-order valence-corrected chi connectivity index (χ0v) is 10.7. The first-order valence-corrected chi connectivity index (χ1v) is 5.55. The van der Waals surface area contributed by atoms with Crippen molar-refractivity contribution < 1.29 is 19.4 Å². The third-order valence-electron chi connectivity index (χ3n) is 2.68. The van der Waals surface area contributed by atoms with Crippen LogP contribution in [-0.2, 0) is 20.9 Å². The molecular formula is C14H16O4. The lowest BCUT2D eigenvalue weighted by atomic mass is 10.1. The highest BCUT2D eigenvalue weighted by atomic mass is 16.5. The van der Waals surface area contributed by atoms with Gasteiger partial charge in [-0.1, -0.05) is 29.8 Å². The van der Waals surface area contributed by atoms with Crippen LogP contribution in [0.3, 0.4) is 0 Å². The van der Waals surface area contributed by atoms with E-state index in [4.69, 9.17) is 9.84 Å². The Morgan fingerprint density at radius 3 is 2.17 bits per heavy atom. The molecule has 1 aromatic carbocycles. The molecular weight excluding hydrogens is 232 g/mol. The van der Waals surface area contributed by atoms with Gasteiger partial charge in [0, 0.05) is 11.1 Å². The Labute approximate surface area is 106 Å². The Morgan fingerprint density at radius 2 is 1.67 bits per heavy atom. The molecule has 0 aliphatic rings. The minimum Gasteiger partial charge on any atom is -0.478 e. The number of rotatable bonds is 4.